The summed E-state index contributed by atoms with van der Waals surface area (Å²) >= 11 is 0. The second-order valence-corrected chi connectivity index (χ2v) is 18.1. The van der Waals surface area contributed by atoms with Gasteiger partial charge >= 0.3 is 17.9 Å². The molecule has 0 rings (SSSR count). The highest BCUT2D eigenvalue weighted by Crippen LogP contribution is 2.16. The van der Waals surface area contributed by atoms with Gasteiger partial charge in [0.15, 0.2) is 6.10 Å². The zero-order chi connectivity index (χ0) is 44.4. The first kappa shape index (κ1) is 58.9. The average molecular weight is 859 g/mol. The van der Waals surface area contributed by atoms with Crippen molar-refractivity contribution in [3.8, 4) is 0 Å². The highest BCUT2D eigenvalue weighted by Gasteiger charge is 2.19. The van der Waals surface area contributed by atoms with Gasteiger partial charge in [-0.1, -0.05) is 231 Å². The molecule has 0 aliphatic carbocycles. The number of hydrogen-bond acceptors (Lipinski definition) is 6. The van der Waals surface area contributed by atoms with E-state index in [-0.39, 0.29) is 31.1 Å². The first-order valence-electron chi connectivity index (χ1n) is 26.8. The molecule has 0 aromatic carbocycles. The van der Waals surface area contributed by atoms with Crippen molar-refractivity contribution in [2.75, 3.05) is 13.2 Å². The van der Waals surface area contributed by atoms with Crippen LogP contribution in [0.3, 0.4) is 0 Å². The normalized spacial score (nSPS) is 12.1. The minimum Gasteiger partial charge on any atom is -0.462 e. The summed E-state index contributed by atoms with van der Waals surface area (Å²) in [6.07, 6.45) is 57.7. The van der Waals surface area contributed by atoms with Gasteiger partial charge in [-0.05, 0) is 64.2 Å². The third-order valence-corrected chi connectivity index (χ3v) is 11.9. The summed E-state index contributed by atoms with van der Waals surface area (Å²) in [7, 11) is 0. The summed E-state index contributed by atoms with van der Waals surface area (Å²) in [6, 6.07) is 0. The van der Waals surface area contributed by atoms with Crippen molar-refractivity contribution >= 4 is 17.9 Å². The van der Waals surface area contributed by atoms with Gasteiger partial charge in [0.05, 0.1) is 0 Å². The van der Waals surface area contributed by atoms with E-state index in [1.54, 1.807) is 0 Å². The monoisotopic (exact) mass is 859 g/mol. The quantitative estimate of drug-likeness (QED) is 0.0262. The van der Waals surface area contributed by atoms with Crippen molar-refractivity contribution in [1.82, 2.24) is 0 Å². The Labute approximate surface area is 379 Å². The van der Waals surface area contributed by atoms with Gasteiger partial charge in [0.1, 0.15) is 13.2 Å². The first-order valence-corrected chi connectivity index (χ1v) is 26.8. The van der Waals surface area contributed by atoms with Crippen LogP contribution in [0.25, 0.3) is 0 Å². The lowest BCUT2D eigenvalue weighted by molar-refractivity contribution is -0.167. The molecule has 0 aliphatic heterocycles. The highest BCUT2D eigenvalue weighted by atomic mass is 16.6. The van der Waals surface area contributed by atoms with Crippen LogP contribution < -0.4 is 0 Å². The zero-order valence-electron chi connectivity index (χ0n) is 40.9. The van der Waals surface area contributed by atoms with Gasteiger partial charge in [0.25, 0.3) is 0 Å². The van der Waals surface area contributed by atoms with Crippen LogP contribution in [0.2, 0.25) is 0 Å². The van der Waals surface area contributed by atoms with Crippen LogP contribution in [-0.4, -0.2) is 37.2 Å². The van der Waals surface area contributed by atoms with E-state index in [2.05, 4.69) is 45.1 Å². The molecule has 0 aromatic rings. The molecule has 0 aromatic heterocycles. The van der Waals surface area contributed by atoms with Gasteiger partial charge in [-0.2, -0.15) is 0 Å². The number of esters is 3. The minimum atomic E-state index is -0.768. The summed E-state index contributed by atoms with van der Waals surface area (Å²) < 4.78 is 16.7. The molecule has 0 radical (unpaired) electrons. The molecule has 0 amide bonds. The van der Waals surface area contributed by atoms with Crippen LogP contribution in [0.15, 0.2) is 24.3 Å². The maximum atomic E-state index is 12.7. The summed E-state index contributed by atoms with van der Waals surface area (Å²) in [5, 5.41) is 0. The molecule has 0 saturated carbocycles. The van der Waals surface area contributed by atoms with E-state index in [4.69, 9.17) is 14.2 Å². The van der Waals surface area contributed by atoms with Crippen molar-refractivity contribution in [1.29, 1.82) is 0 Å². The van der Waals surface area contributed by atoms with Crippen molar-refractivity contribution in [3.05, 3.63) is 24.3 Å². The van der Waals surface area contributed by atoms with Gasteiger partial charge in [0, 0.05) is 19.3 Å². The first-order chi connectivity index (χ1) is 30.0. The molecule has 0 saturated heterocycles. The summed E-state index contributed by atoms with van der Waals surface area (Å²) in [5.74, 6) is -0.876. The zero-order valence-corrected chi connectivity index (χ0v) is 40.9. The van der Waals surface area contributed by atoms with Crippen LogP contribution in [0.4, 0.5) is 0 Å². The number of carbonyl (C=O) groups excluding carboxylic acids is 3. The molecule has 0 fully saturated rings. The smallest absolute Gasteiger partial charge is 0.306 e. The molecule has 0 aliphatic rings. The van der Waals surface area contributed by atoms with Crippen LogP contribution in [0.1, 0.15) is 290 Å². The molecule has 0 spiro atoms. The Hall–Kier alpha value is -2.11. The Bertz CT molecular complexity index is 989. The molecular formula is C55H102O6. The van der Waals surface area contributed by atoms with E-state index in [0.29, 0.717) is 19.3 Å². The number of unbranched alkanes of at least 4 members (excludes halogenated alkanes) is 34. The van der Waals surface area contributed by atoms with Crippen LogP contribution >= 0.6 is 0 Å². The predicted octanol–water partition coefficient (Wildman–Crippen LogP) is 17.5. The average Bonchev–Trinajstić information content (AvgIpc) is 3.26. The maximum Gasteiger partial charge on any atom is 0.306 e. The van der Waals surface area contributed by atoms with Gasteiger partial charge in [-0.15, -0.1) is 0 Å². The molecule has 6 heteroatoms. The summed E-state index contributed by atoms with van der Waals surface area (Å²) in [5.41, 5.74) is 0. The van der Waals surface area contributed by atoms with Gasteiger partial charge in [0.2, 0.25) is 0 Å². The van der Waals surface area contributed by atoms with Crippen molar-refractivity contribution in [3.63, 3.8) is 0 Å². The molecule has 0 N–H and O–H groups in total. The third-order valence-electron chi connectivity index (χ3n) is 11.9. The fraction of sp³-hybridized carbons (Fsp3) is 0.873. The Kier molecular flexibility index (Phi) is 48.8. The van der Waals surface area contributed by atoms with Crippen LogP contribution in [0.5, 0.6) is 0 Å². The lowest BCUT2D eigenvalue weighted by Crippen LogP contribution is -2.30. The van der Waals surface area contributed by atoms with Crippen molar-refractivity contribution in [2.24, 2.45) is 0 Å². The fourth-order valence-electron chi connectivity index (χ4n) is 7.85. The topological polar surface area (TPSA) is 78.9 Å². The van der Waals surface area contributed by atoms with E-state index >= 15 is 0 Å². The molecule has 358 valence electrons. The fourth-order valence-corrected chi connectivity index (χ4v) is 7.85. The minimum absolute atomic E-state index is 0.0715. The summed E-state index contributed by atoms with van der Waals surface area (Å²) in [4.78, 5) is 37.7. The molecule has 6 nitrogen and oxygen atoms in total. The lowest BCUT2D eigenvalue weighted by atomic mass is 10.0. The molecule has 0 heterocycles. The largest absolute Gasteiger partial charge is 0.462 e. The van der Waals surface area contributed by atoms with E-state index in [0.717, 1.165) is 77.0 Å². The van der Waals surface area contributed by atoms with E-state index in [1.165, 1.54) is 173 Å². The van der Waals surface area contributed by atoms with E-state index < -0.39 is 6.10 Å². The van der Waals surface area contributed by atoms with E-state index in [1.807, 2.05) is 0 Å². The lowest BCUT2D eigenvalue weighted by Gasteiger charge is -2.18. The molecule has 0 bridgehead atoms. The number of ether oxygens (including phenoxy) is 3. The second kappa shape index (κ2) is 50.5. The number of allylic oxidation sites excluding steroid dienone is 4. The SMILES string of the molecule is CCC/C=C\CCCCCCCC(=O)OC(COC(=O)CCCCCCCCCC)COC(=O)CCCCCCCCCCCCCCC/C=C\CCCCCCCCCC. The van der Waals surface area contributed by atoms with Crippen molar-refractivity contribution < 1.29 is 28.6 Å². The number of hydrogen-bond donors (Lipinski definition) is 0. The Balaban J connectivity index is 4.06. The summed E-state index contributed by atoms with van der Waals surface area (Å²) in [6.45, 7) is 6.56. The van der Waals surface area contributed by atoms with Gasteiger partial charge in [-0.3, -0.25) is 14.4 Å². The Morgan fingerprint density at radius 2 is 0.574 bits per heavy atom. The number of carbonyl (C=O) groups is 3. The van der Waals surface area contributed by atoms with Crippen molar-refractivity contribution in [2.45, 2.75) is 297 Å². The Morgan fingerprint density at radius 1 is 0.311 bits per heavy atom. The molecular weight excluding hydrogens is 757 g/mol. The maximum absolute atomic E-state index is 12.7. The van der Waals surface area contributed by atoms with Gasteiger partial charge in [-0.25, -0.2) is 0 Å². The second-order valence-electron chi connectivity index (χ2n) is 18.1. The number of rotatable bonds is 49. The molecule has 1 unspecified atom stereocenters. The molecule has 1 atom stereocenters. The van der Waals surface area contributed by atoms with Gasteiger partial charge < -0.3 is 14.2 Å². The molecule has 61 heavy (non-hydrogen) atoms. The Morgan fingerprint density at radius 3 is 0.885 bits per heavy atom. The highest BCUT2D eigenvalue weighted by molar-refractivity contribution is 5.71. The van der Waals surface area contributed by atoms with Crippen LogP contribution in [-0.2, 0) is 28.6 Å². The van der Waals surface area contributed by atoms with E-state index in [9.17, 15) is 14.4 Å². The van der Waals surface area contributed by atoms with Crippen LogP contribution in [0, 0.1) is 0 Å². The standard InChI is InChI=1S/C55H102O6/c1-4-7-10-13-16-19-21-22-23-24-25-26-27-28-29-30-31-32-33-34-35-37-39-42-45-48-54(57)60-51-52(50-59-53(56)47-44-41-38-18-15-12-9-6-3)61-55(58)49-46-43-40-36-20-17-14-11-8-5-2/h11,14,24-25,52H,4-10,12-13,15-23,26-51H2,1-3H3/b14-11-,25-24-. The third kappa shape index (κ3) is 48.8. The predicted molar refractivity (Wildman–Crippen MR) is 261 cm³/mol.